The van der Waals surface area contributed by atoms with Crippen molar-refractivity contribution in [3.8, 4) is 0 Å². The molecule has 2 amide bonds. The summed E-state index contributed by atoms with van der Waals surface area (Å²) in [4.78, 5) is 27.8. The molecular formula is C14H28ClN3O2. The van der Waals surface area contributed by atoms with Gasteiger partial charge in [-0.3, -0.25) is 9.59 Å². The third-order valence-electron chi connectivity index (χ3n) is 3.53. The first-order valence-electron chi connectivity index (χ1n) is 7.36. The van der Waals surface area contributed by atoms with Gasteiger partial charge in [0.2, 0.25) is 11.8 Å². The summed E-state index contributed by atoms with van der Waals surface area (Å²) in [6.45, 7) is 7.26. The van der Waals surface area contributed by atoms with E-state index in [1.807, 2.05) is 11.9 Å². The summed E-state index contributed by atoms with van der Waals surface area (Å²) in [6.07, 6.45) is 3.32. The predicted molar refractivity (Wildman–Crippen MR) is 83.1 cm³/mol. The van der Waals surface area contributed by atoms with E-state index in [2.05, 4.69) is 19.2 Å². The van der Waals surface area contributed by atoms with Gasteiger partial charge in [0.25, 0.3) is 0 Å². The highest BCUT2D eigenvalue weighted by Gasteiger charge is 2.30. The van der Waals surface area contributed by atoms with E-state index in [0.29, 0.717) is 0 Å². The Balaban J connectivity index is 0.00000361. The third-order valence-corrected chi connectivity index (χ3v) is 3.53. The summed E-state index contributed by atoms with van der Waals surface area (Å²) in [5.41, 5.74) is 0. The first-order valence-corrected chi connectivity index (χ1v) is 7.36. The van der Waals surface area contributed by atoms with Gasteiger partial charge in [0, 0.05) is 33.2 Å². The summed E-state index contributed by atoms with van der Waals surface area (Å²) >= 11 is 0. The fourth-order valence-electron chi connectivity index (χ4n) is 2.29. The lowest BCUT2D eigenvalue weighted by atomic mass is 10.1. The molecule has 1 aliphatic rings. The molecule has 0 aromatic carbocycles. The number of halogens is 1. The van der Waals surface area contributed by atoms with Crippen LogP contribution >= 0.6 is 12.4 Å². The molecule has 0 aromatic heterocycles. The van der Waals surface area contributed by atoms with E-state index >= 15 is 0 Å². The molecule has 20 heavy (non-hydrogen) atoms. The summed E-state index contributed by atoms with van der Waals surface area (Å²) in [7, 11) is 1.81. The SMILES string of the molecule is CCCCN(C)C(=O)CC1NCCN(CCC)C1=O.Cl. The standard InChI is InChI=1S/C14H27N3O2.ClH/c1-4-6-9-16(3)13(18)11-12-14(19)17(8-5-2)10-7-15-12;/h12,15H,4-11H2,1-3H3;1H. The van der Waals surface area contributed by atoms with Gasteiger partial charge in [0.15, 0.2) is 0 Å². The van der Waals surface area contributed by atoms with Crippen molar-refractivity contribution in [3.05, 3.63) is 0 Å². The highest BCUT2D eigenvalue weighted by atomic mass is 35.5. The molecule has 1 fully saturated rings. The Labute approximate surface area is 128 Å². The number of carbonyl (C=O) groups excluding carboxylic acids is 2. The van der Waals surface area contributed by atoms with Crippen molar-refractivity contribution >= 4 is 24.2 Å². The Morgan fingerprint density at radius 1 is 1.40 bits per heavy atom. The highest BCUT2D eigenvalue weighted by molar-refractivity contribution is 5.88. The van der Waals surface area contributed by atoms with Crippen LogP contribution in [0.2, 0.25) is 0 Å². The molecule has 0 saturated carbocycles. The molecule has 0 bridgehead atoms. The van der Waals surface area contributed by atoms with E-state index in [-0.39, 0.29) is 36.7 Å². The molecule has 1 heterocycles. The molecule has 6 heteroatoms. The molecule has 0 aromatic rings. The third kappa shape index (κ3) is 5.67. The van der Waals surface area contributed by atoms with Gasteiger partial charge < -0.3 is 15.1 Å². The first kappa shape index (κ1) is 19.2. The smallest absolute Gasteiger partial charge is 0.240 e. The Morgan fingerprint density at radius 3 is 2.70 bits per heavy atom. The molecule has 0 aliphatic carbocycles. The van der Waals surface area contributed by atoms with Crippen LogP contribution in [-0.2, 0) is 9.59 Å². The van der Waals surface area contributed by atoms with Crippen LogP contribution in [0.4, 0.5) is 0 Å². The number of amides is 2. The maximum Gasteiger partial charge on any atom is 0.240 e. The Hall–Kier alpha value is -0.810. The first-order chi connectivity index (χ1) is 9.10. The molecule has 0 spiro atoms. The molecule has 1 rings (SSSR count). The monoisotopic (exact) mass is 305 g/mol. The molecule has 1 saturated heterocycles. The van der Waals surface area contributed by atoms with Crippen molar-refractivity contribution in [3.63, 3.8) is 0 Å². The maximum absolute atomic E-state index is 12.2. The van der Waals surface area contributed by atoms with Crippen LogP contribution in [0.3, 0.4) is 0 Å². The molecule has 118 valence electrons. The van der Waals surface area contributed by atoms with Crippen molar-refractivity contribution in [2.45, 2.75) is 45.6 Å². The fourth-order valence-corrected chi connectivity index (χ4v) is 2.29. The number of nitrogens with zero attached hydrogens (tertiary/aromatic N) is 2. The maximum atomic E-state index is 12.2. The summed E-state index contributed by atoms with van der Waals surface area (Å²) in [5.74, 6) is 0.128. The van der Waals surface area contributed by atoms with Gasteiger partial charge in [-0.15, -0.1) is 12.4 Å². The normalized spacial score (nSPS) is 18.6. The van der Waals surface area contributed by atoms with Gasteiger partial charge >= 0.3 is 0 Å². The second kappa shape index (κ2) is 10.00. The average molecular weight is 306 g/mol. The van der Waals surface area contributed by atoms with Gasteiger partial charge in [-0.05, 0) is 12.8 Å². The van der Waals surface area contributed by atoms with Crippen LogP contribution < -0.4 is 5.32 Å². The summed E-state index contributed by atoms with van der Waals surface area (Å²) < 4.78 is 0. The van der Waals surface area contributed by atoms with Crippen molar-refractivity contribution in [1.82, 2.24) is 15.1 Å². The topological polar surface area (TPSA) is 52.7 Å². The van der Waals surface area contributed by atoms with Crippen molar-refractivity contribution in [2.24, 2.45) is 0 Å². The number of hydrogen-bond donors (Lipinski definition) is 1. The Morgan fingerprint density at radius 2 is 2.10 bits per heavy atom. The molecule has 1 unspecified atom stereocenters. The van der Waals surface area contributed by atoms with Crippen LogP contribution in [0, 0.1) is 0 Å². The van der Waals surface area contributed by atoms with Crippen LogP contribution in [0.1, 0.15) is 39.5 Å². The van der Waals surface area contributed by atoms with E-state index in [0.717, 1.165) is 45.4 Å². The zero-order valence-electron chi connectivity index (χ0n) is 12.9. The second-order valence-electron chi connectivity index (χ2n) is 5.20. The van der Waals surface area contributed by atoms with E-state index in [1.54, 1.807) is 4.90 Å². The van der Waals surface area contributed by atoms with E-state index in [1.165, 1.54) is 0 Å². The van der Waals surface area contributed by atoms with Crippen molar-refractivity contribution < 1.29 is 9.59 Å². The van der Waals surface area contributed by atoms with Gasteiger partial charge in [-0.25, -0.2) is 0 Å². The lowest BCUT2D eigenvalue weighted by Gasteiger charge is -2.33. The number of nitrogens with one attached hydrogen (secondary N) is 1. The van der Waals surface area contributed by atoms with Crippen LogP contribution in [0.25, 0.3) is 0 Å². The average Bonchev–Trinajstić information content (AvgIpc) is 2.40. The largest absolute Gasteiger partial charge is 0.346 e. The van der Waals surface area contributed by atoms with E-state index in [9.17, 15) is 9.59 Å². The van der Waals surface area contributed by atoms with Gasteiger partial charge in [0.1, 0.15) is 0 Å². The number of unbranched alkanes of at least 4 members (excludes halogenated alkanes) is 1. The molecular weight excluding hydrogens is 278 g/mol. The zero-order valence-corrected chi connectivity index (χ0v) is 13.7. The molecule has 0 radical (unpaired) electrons. The second-order valence-corrected chi connectivity index (χ2v) is 5.20. The molecule has 1 N–H and O–H groups in total. The number of carbonyl (C=O) groups is 2. The quantitative estimate of drug-likeness (QED) is 0.770. The minimum atomic E-state index is -0.336. The minimum absolute atomic E-state index is 0. The molecule has 1 atom stereocenters. The van der Waals surface area contributed by atoms with Gasteiger partial charge in [-0.1, -0.05) is 20.3 Å². The lowest BCUT2D eigenvalue weighted by Crippen LogP contribution is -2.56. The molecule has 5 nitrogen and oxygen atoms in total. The summed E-state index contributed by atoms with van der Waals surface area (Å²) in [6, 6.07) is -0.336. The minimum Gasteiger partial charge on any atom is -0.346 e. The fraction of sp³-hybridized carbons (Fsp3) is 0.857. The highest BCUT2D eigenvalue weighted by Crippen LogP contribution is 2.08. The van der Waals surface area contributed by atoms with Crippen LogP contribution in [0.5, 0.6) is 0 Å². The predicted octanol–water partition coefficient (Wildman–Crippen LogP) is 1.27. The summed E-state index contributed by atoms with van der Waals surface area (Å²) in [5, 5.41) is 3.16. The van der Waals surface area contributed by atoms with Crippen LogP contribution in [0.15, 0.2) is 0 Å². The Bertz CT molecular complexity index is 311. The van der Waals surface area contributed by atoms with E-state index < -0.39 is 0 Å². The van der Waals surface area contributed by atoms with Crippen molar-refractivity contribution in [2.75, 3.05) is 33.2 Å². The van der Waals surface area contributed by atoms with Gasteiger partial charge in [0.05, 0.1) is 12.5 Å². The van der Waals surface area contributed by atoms with Gasteiger partial charge in [-0.2, -0.15) is 0 Å². The number of rotatable bonds is 7. The van der Waals surface area contributed by atoms with Crippen molar-refractivity contribution in [1.29, 1.82) is 0 Å². The van der Waals surface area contributed by atoms with Crippen LogP contribution in [-0.4, -0.2) is 60.9 Å². The number of hydrogen-bond acceptors (Lipinski definition) is 3. The van der Waals surface area contributed by atoms with E-state index in [4.69, 9.17) is 0 Å². The lowest BCUT2D eigenvalue weighted by molar-refractivity contribution is -0.140. The zero-order chi connectivity index (χ0) is 14.3. The Kier molecular flexibility index (Phi) is 9.59. The number of piperazine rings is 1. The molecule has 1 aliphatic heterocycles.